The summed E-state index contributed by atoms with van der Waals surface area (Å²) in [6.07, 6.45) is 9.24. The topological polar surface area (TPSA) is 180 Å². The Morgan fingerprint density at radius 3 is 2.54 bits per heavy atom. The monoisotopic (exact) mass is 643 g/mol. The predicted molar refractivity (Wildman–Crippen MR) is 181 cm³/mol. The van der Waals surface area contributed by atoms with Crippen LogP contribution in [0.1, 0.15) is 38.3 Å². The molecular formula is C35H33N9O4. The number of morpholine rings is 1. The highest BCUT2D eigenvalue weighted by molar-refractivity contribution is 5.95. The van der Waals surface area contributed by atoms with Gasteiger partial charge in [-0.2, -0.15) is 5.10 Å². The van der Waals surface area contributed by atoms with Crippen LogP contribution >= 0.6 is 0 Å². The van der Waals surface area contributed by atoms with Gasteiger partial charge in [-0.3, -0.25) is 14.2 Å². The molecule has 242 valence electrons. The predicted octanol–water partition coefficient (Wildman–Crippen LogP) is 3.88. The zero-order valence-electron chi connectivity index (χ0n) is 26.0. The van der Waals surface area contributed by atoms with Gasteiger partial charge < -0.3 is 26.2 Å². The first-order chi connectivity index (χ1) is 23.4. The number of amides is 1. The number of nitrogens with two attached hydrogens (primary N) is 2. The molecule has 4 aromatic heterocycles. The zero-order chi connectivity index (χ0) is 33.2. The number of hydrogen-bond donors (Lipinski definition) is 3. The van der Waals surface area contributed by atoms with E-state index in [1.807, 2.05) is 24.4 Å². The maximum Gasteiger partial charge on any atom is 0.248 e. The van der Waals surface area contributed by atoms with Gasteiger partial charge in [0.1, 0.15) is 17.1 Å². The Balaban J connectivity index is 0.000000259. The van der Waals surface area contributed by atoms with Crippen molar-refractivity contribution in [2.24, 2.45) is 5.73 Å². The summed E-state index contributed by atoms with van der Waals surface area (Å²) in [7, 11) is 0. The number of imidazole rings is 1. The maximum atomic E-state index is 10.6. The van der Waals surface area contributed by atoms with E-state index in [-0.39, 0.29) is 16.9 Å². The van der Waals surface area contributed by atoms with Gasteiger partial charge in [-0.25, -0.2) is 19.6 Å². The fourth-order valence-corrected chi connectivity index (χ4v) is 6.12. The van der Waals surface area contributed by atoms with E-state index in [2.05, 4.69) is 43.8 Å². The molecule has 13 heteroatoms. The molecule has 2 aromatic carbocycles. The molecule has 6 aromatic rings. The third kappa shape index (κ3) is 5.82. The minimum Gasteiger partial charge on any atom is -0.507 e. The average Bonchev–Trinajstić information content (AvgIpc) is 3.89. The summed E-state index contributed by atoms with van der Waals surface area (Å²) in [5.74, 6) is 1.12. The molecule has 1 aliphatic carbocycles. The molecule has 1 fully saturated rings. The summed E-state index contributed by atoms with van der Waals surface area (Å²) in [6.45, 7) is 2.92. The van der Waals surface area contributed by atoms with E-state index in [1.54, 1.807) is 17.1 Å². The summed E-state index contributed by atoms with van der Waals surface area (Å²) in [4.78, 5) is 37.8. The van der Waals surface area contributed by atoms with Gasteiger partial charge in [0.15, 0.2) is 23.6 Å². The van der Waals surface area contributed by atoms with Crippen molar-refractivity contribution in [3.05, 3.63) is 102 Å². The smallest absolute Gasteiger partial charge is 0.248 e. The molecule has 1 amide bonds. The van der Waals surface area contributed by atoms with Gasteiger partial charge in [0.05, 0.1) is 30.0 Å². The first-order valence-electron chi connectivity index (χ1n) is 15.6. The molecule has 2 aliphatic rings. The van der Waals surface area contributed by atoms with Gasteiger partial charge in [0.2, 0.25) is 5.91 Å². The Hall–Kier alpha value is -6.08. The van der Waals surface area contributed by atoms with E-state index >= 15 is 0 Å². The number of anilines is 2. The summed E-state index contributed by atoms with van der Waals surface area (Å²) in [5.41, 5.74) is 18.8. The van der Waals surface area contributed by atoms with Crippen LogP contribution in [0.4, 0.5) is 11.5 Å². The second-order valence-electron chi connectivity index (χ2n) is 11.5. The standard InChI is InChI=1S/C27H26N8O.C8H7NO3/c28-25-21(6-2-9-29-25)26-32-24-22(33-12-14-36-15-13-33)17-23(34-11-3-10-30-34)31-27(24)35(26)20-8-7-18-4-1-5-19(18)16-20;9-8(12)5-1-2-7(11)6(3-5)4-10/h2-3,6-11,16-17H,1,4-5,12-15H2,(H2,28,29);1-4,11H,(H2,9,12). The minimum atomic E-state index is -0.627. The van der Waals surface area contributed by atoms with Gasteiger partial charge in [-0.05, 0) is 78.9 Å². The van der Waals surface area contributed by atoms with Crippen LogP contribution in [0.25, 0.3) is 34.1 Å². The largest absolute Gasteiger partial charge is 0.507 e. The van der Waals surface area contributed by atoms with Crippen LogP contribution in [0, 0.1) is 0 Å². The molecule has 0 spiro atoms. The number of rotatable bonds is 6. The number of aldehydes is 1. The lowest BCUT2D eigenvalue weighted by atomic mass is 10.1. The Labute approximate surface area is 275 Å². The molecule has 5 N–H and O–H groups in total. The highest BCUT2D eigenvalue weighted by atomic mass is 16.5. The summed E-state index contributed by atoms with van der Waals surface area (Å²) in [5, 5.41) is 13.5. The van der Waals surface area contributed by atoms with Crippen LogP contribution in [0.5, 0.6) is 5.75 Å². The number of hydrogen-bond acceptors (Lipinski definition) is 10. The van der Waals surface area contributed by atoms with Crippen molar-refractivity contribution >= 4 is 34.9 Å². The number of phenols is 1. The SMILES string of the molecule is NC(=O)c1ccc(O)c(C=O)c1.Nc1ncccc1-c1nc2c(N3CCOCC3)cc(-n3cccn3)nc2n1-c1ccc2c(c1)CCC2. The van der Waals surface area contributed by atoms with Crippen molar-refractivity contribution < 1.29 is 19.4 Å². The fraction of sp³-hybridized carbons (Fsp3) is 0.200. The van der Waals surface area contributed by atoms with E-state index < -0.39 is 5.91 Å². The Morgan fingerprint density at radius 2 is 1.79 bits per heavy atom. The van der Waals surface area contributed by atoms with Crippen LogP contribution in [-0.2, 0) is 17.6 Å². The van der Waals surface area contributed by atoms with Gasteiger partial charge in [0.25, 0.3) is 0 Å². The molecule has 48 heavy (non-hydrogen) atoms. The lowest BCUT2D eigenvalue weighted by molar-refractivity contribution is 0.1000. The Kier molecular flexibility index (Phi) is 8.26. The lowest BCUT2D eigenvalue weighted by Gasteiger charge is -2.29. The molecule has 0 radical (unpaired) electrons. The van der Waals surface area contributed by atoms with E-state index in [1.165, 1.54) is 35.7 Å². The summed E-state index contributed by atoms with van der Waals surface area (Å²) in [6, 6.07) is 18.4. The van der Waals surface area contributed by atoms with Crippen molar-refractivity contribution in [1.82, 2.24) is 29.3 Å². The number of phenolic OH excluding ortho intramolecular Hbond substituents is 1. The normalized spacial score (nSPS) is 14.0. The fourth-order valence-electron chi connectivity index (χ4n) is 6.12. The number of benzene rings is 2. The number of carbonyl (C=O) groups excluding carboxylic acids is 2. The third-order valence-corrected chi connectivity index (χ3v) is 8.53. The van der Waals surface area contributed by atoms with E-state index in [9.17, 15) is 9.59 Å². The molecular weight excluding hydrogens is 610 g/mol. The summed E-state index contributed by atoms with van der Waals surface area (Å²) >= 11 is 0. The quantitative estimate of drug-likeness (QED) is 0.225. The molecule has 0 atom stereocenters. The van der Waals surface area contributed by atoms with Crippen LogP contribution in [0.2, 0.25) is 0 Å². The van der Waals surface area contributed by atoms with Gasteiger partial charge >= 0.3 is 0 Å². The van der Waals surface area contributed by atoms with Gasteiger partial charge in [0, 0.05) is 49.0 Å². The molecule has 8 rings (SSSR count). The average molecular weight is 644 g/mol. The van der Waals surface area contributed by atoms with E-state index in [4.69, 9.17) is 31.3 Å². The second-order valence-corrected chi connectivity index (χ2v) is 11.5. The molecule has 0 bridgehead atoms. The van der Waals surface area contributed by atoms with Gasteiger partial charge in [-0.1, -0.05) is 6.07 Å². The Bertz CT molecular complexity index is 2140. The highest BCUT2D eigenvalue weighted by Crippen LogP contribution is 2.36. The summed E-state index contributed by atoms with van der Waals surface area (Å²) < 4.78 is 9.55. The van der Waals surface area contributed by atoms with Crippen molar-refractivity contribution in [3.8, 4) is 28.6 Å². The number of nitrogen functional groups attached to an aromatic ring is 1. The van der Waals surface area contributed by atoms with Crippen molar-refractivity contribution in [3.63, 3.8) is 0 Å². The molecule has 1 aliphatic heterocycles. The first-order valence-corrected chi connectivity index (χ1v) is 15.6. The number of ether oxygens (including phenoxy) is 1. The third-order valence-electron chi connectivity index (χ3n) is 8.53. The first kappa shape index (κ1) is 30.6. The number of pyridine rings is 2. The number of aromatic hydroxyl groups is 1. The number of nitrogens with zero attached hydrogens (tertiary/aromatic N) is 7. The number of primary amides is 1. The molecule has 13 nitrogen and oxygen atoms in total. The van der Waals surface area contributed by atoms with Crippen molar-refractivity contribution in [1.29, 1.82) is 0 Å². The van der Waals surface area contributed by atoms with Crippen molar-refractivity contribution in [2.45, 2.75) is 19.3 Å². The molecule has 5 heterocycles. The molecule has 1 saturated heterocycles. The highest BCUT2D eigenvalue weighted by Gasteiger charge is 2.25. The van der Waals surface area contributed by atoms with Crippen LogP contribution in [0.15, 0.2) is 79.3 Å². The lowest BCUT2D eigenvalue weighted by Crippen LogP contribution is -2.36. The van der Waals surface area contributed by atoms with Gasteiger partial charge in [-0.15, -0.1) is 0 Å². The number of fused-ring (bicyclic) bond motifs is 2. The van der Waals surface area contributed by atoms with Crippen molar-refractivity contribution in [2.75, 3.05) is 36.9 Å². The number of aromatic nitrogens is 6. The van der Waals surface area contributed by atoms with Crippen LogP contribution in [0.3, 0.4) is 0 Å². The van der Waals surface area contributed by atoms with Crippen LogP contribution < -0.4 is 16.4 Å². The second kappa shape index (κ2) is 13.0. The molecule has 0 saturated carbocycles. The number of carbonyl (C=O) groups is 2. The maximum absolute atomic E-state index is 10.6. The van der Waals surface area contributed by atoms with E-state index in [0.29, 0.717) is 25.3 Å². The minimum absolute atomic E-state index is 0.0614. The Morgan fingerprint density at radius 1 is 0.958 bits per heavy atom. The van der Waals surface area contributed by atoms with Crippen LogP contribution in [-0.4, -0.2) is 72.9 Å². The number of aryl methyl sites for hydroxylation is 2. The van der Waals surface area contributed by atoms with E-state index in [0.717, 1.165) is 65.7 Å². The molecule has 0 unspecified atom stereocenters. The zero-order valence-corrected chi connectivity index (χ0v) is 26.0.